The Hall–Kier alpha value is -0.720. The van der Waals surface area contributed by atoms with Crippen LogP contribution in [0.5, 0.6) is 0 Å². The van der Waals surface area contributed by atoms with Crippen molar-refractivity contribution in [3.63, 3.8) is 0 Å². The van der Waals surface area contributed by atoms with E-state index in [-0.39, 0.29) is 11.1 Å². The highest BCUT2D eigenvalue weighted by Gasteiger charge is 2.32. The van der Waals surface area contributed by atoms with Gasteiger partial charge in [0, 0.05) is 5.54 Å². The third-order valence-electron chi connectivity index (χ3n) is 3.82. The number of hydrogen-bond acceptors (Lipinski definition) is 4. The monoisotopic (exact) mass is 341 g/mol. The Morgan fingerprint density at radius 2 is 2.37 bits per heavy atom. The zero-order valence-corrected chi connectivity index (χ0v) is 13.4. The molecule has 0 aliphatic carbocycles. The van der Waals surface area contributed by atoms with E-state index in [2.05, 4.69) is 44.6 Å². The van der Waals surface area contributed by atoms with Crippen LogP contribution in [0.3, 0.4) is 0 Å². The predicted molar refractivity (Wildman–Crippen MR) is 81.7 cm³/mol. The number of fused-ring (bicyclic) bond motifs is 1. The summed E-state index contributed by atoms with van der Waals surface area (Å²) in [5, 5.41) is 0. The normalized spacial score (nSPS) is 19.3. The van der Waals surface area contributed by atoms with Crippen LogP contribution in [-0.4, -0.2) is 27.0 Å². The second-order valence-electron chi connectivity index (χ2n) is 5.62. The smallest absolute Gasteiger partial charge is 0.268 e. The number of nitrogens with zero attached hydrogens (tertiary/aromatic N) is 2. The van der Waals surface area contributed by atoms with E-state index in [1.54, 1.807) is 0 Å². The summed E-state index contributed by atoms with van der Waals surface area (Å²) in [6.45, 7) is 6.28. The standard InChI is InChI=1S/C13H16BrN3OS/c1-13(2)4-3-5-17(13)7-10-15-8-6-9(14)19-11(8)12(18)16-10/h6H,3-5,7H2,1-2H3,(H,15,16,18). The van der Waals surface area contributed by atoms with E-state index < -0.39 is 0 Å². The molecule has 1 saturated heterocycles. The number of likely N-dealkylation sites (tertiary alicyclic amines) is 1. The van der Waals surface area contributed by atoms with Crippen LogP contribution >= 0.6 is 27.3 Å². The molecule has 0 saturated carbocycles. The van der Waals surface area contributed by atoms with Crippen LogP contribution in [0.25, 0.3) is 10.2 Å². The van der Waals surface area contributed by atoms with Gasteiger partial charge in [-0.25, -0.2) is 4.98 Å². The minimum Gasteiger partial charge on any atom is -0.308 e. The van der Waals surface area contributed by atoms with E-state index in [0.717, 1.165) is 21.7 Å². The fourth-order valence-corrected chi connectivity index (χ4v) is 4.09. The molecule has 2 aromatic heterocycles. The maximum atomic E-state index is 12.0. The van der Waals surface area contributed by atoms with E-state index in [9.17, 15) is 4.79 Å². The highest BCUT2D eigenvalue weighted by Crippen LogP contribution is 2.30. The Bertz CT molecular complexity index is 676. The van der Waals surface area contributed by atoms with E-state index in [4.69, 9.17) is 0 Å². The molecule has 1 aliphatic rings. The topological polar surface area (TPSA) is 49.0 Å². The Morgan fingerprint density at radius 3 is 3.05 bits per heavy atom. The maximum Gasteiger partial charge on any atom is 0.268 e. The molecule has 0 spiro atoms. The van der Waals surface area contributed by atoms with Gasteiger partial charge in [0.05, 0.1) is 15.8 Å². The van der Waals surface area contributed by atoms with Gasteiger partial charge in [0.15, 0.2) is 0 Å². The van der Waals surface area contributed by atoms with E-state index in [0.29, 0.717) is 11.2 Å². The van der Waals surface area contributed by atoms with Crippen molar-refractivity contribution in [2.75, 3.05) is 6.54 Å². The zero-order chi connectivity index (χ0) is 13.6. The quantitative estimate of drug-likeness (QED) is 0.912. The molecule has 1 aliphatic heterocycles. The van der Waals surface area contributed by atoms with Gasteiger partial charge in [-0.05, 0) is 55.2 Å². The van der Waals surface area contributed by atoms with Crippen LogP contribution in [0.15, 0.2) is 14.6 Å². The highest BCUT2D eigenvalue weighted by atomic mass is 79.9. The first kappa shape index (κ1) is 13.3. The van der Waals surface area contributed by atoms with E-state index in [1.807, 2.05) is 6.07 Å². The summed E-state index contributed by atoms with van der Waals surface area (Å²) >= 11 is 4.83. The molecule has 2 aromatic rings. The van der Waals surface area contributed by atoms with Gasteiger partial charge >= 0.3 is 0 Å². The maximum absolute atomic E-state index is 12.0. The number of H-pyrrole nitrogens is 1. The largest absolute Gasteiger partial charge is 0.308 e. The van der Waals surface area contributed by atoms with Crippen LogP contribution in [0.1, 0.15) is 32.5 Å². The molecule has 4 nitrogen and oxygen atoms in total. The van der Waals surface area contributed by atoms with Crippen molar-refractivity contribution < 1.29 is 0 Å². The van der Waals surface area contributed by atoms with Gasteiger partial charge in [0.1, 0.15) is 10.5 Å². The molecule has 6 heteroatoms. The van der Waals surface area contributed by atoms with Crippen molar-refractivity contribution in [1.82, 2.24) is 14.9 Å². The van der Waals surface area contributed by atoms with Crippen molar-refractivity contribution in [3.8, 4) is 0 Å². The van der Waals surface area contributed by atoms with Gasteiger partial charge in [-0.2, -0.15) is 0 Å². The lowest BCUT2D eigenvalue weighted by Gasteiger charge is -2.30. The molecule has 0 unspecified atom stereocenters. The second-order valence-corrected chi connectivity index (χ2v) is 8.05. The van der Waals surface area contributed by atoms with Crippen molar-refractivity contribution in [1.29, 1.82) is 0 Å². The molecule has 3 rings (SSSR count). The van der Waals surface area contributed by atoms with Crippen LogP contribution in [0, 0.1) is 0 Å². The lowest BCUT2D eigenvalue weighted by Crippen LogP contribution is -2.38. The summed E-state index contributed by atoms with van der Waals surface area (Å²) in [4.78, 5) is 21.9. The molecule has 3 heterocycles. The molecule has 0 amide bonds. The first-order valence-corrected chi connectivity index (χ1v) is 8.00. The number of thiophene rings is 1. The first-order chi connectivity index (χ1) is 8.95. The van der Waals surface area contributed by atoms with Crippen molar-refractivity contribution in [2.24, 2.45) is 0 Å². The van der Waals surface area contributed by atoms with Gasteiger partial charge in [-0.1, -0.05) is 0 Å². The second kappa shape index (κ2) is 4.68. The highest BCUT2D eigenvalue weighted by molar-refractivity contribution is 9.11. The Morgan fingerprint density at radius 1 is 1.58 bits per heavy atom. The van der Waals surface area contributed by atoms with E-state index >= 15 is 0 Å². The lowest BCUT2D eigenvalue weighted by molar-refractivity contribution is 0.162. The number of hydrogen-bond donors (Lipinski definition) is 1. The molecular weight excluding hydrogens is 326 g/mol. The van der Waals surface area contributed by atoms with Gasteiger partial charge in [0.25, 0.3) is 5.56 Å². The van der Waals surface area contributed by atoms with Crippen LogP contribution in [-0.2, 0) is 6.54 Å². The molecule has 19 heavy (non-hydrogen) atoms. The van der Waals surface area contributed by atoms with Crippen molar-refractivity contribution in [3.05, 3.63) is 26.0 Å². The van der Waals surface area contributed by atoms with Crippen LogP contribution < -0.4 is 5.56 Å². The minimum absolute atomic E-state index is 0.0345. The number of aromatic amines is 1. The van der Waals surface area contributed by atoms with Gasteiger partial charge in [-0.3, -0.25) is 9.69 Å². The first-order valence-electron chi connectivity index (χ1n) is 6.39. The molecule has 0 radical (unpaired) electrons. The van der Waals surface area contributed by atoms with Gasteiger partial charge < -0.3 is 4.98 Å². The zero-order valence-electron chi connectivity index (χ0n) is 11.0. The van der Waals surface area contributed by atoms with Gasteiger partial charge in [0.2, 0.25) is 0 Å². The summed E-state index contributed by atoms with van der Waals surface area (Å²) in [7, 11) is 0. The Balaban J connectivity index is 1.95. The number of halogens is 1. The third-order valence-corrected chi connectivity index (χ3v) is 5.44. The fraction of sp³-hybridized carbons (Fsp3) is 0.538. The summed E-state index contributed by atoms with van der Waals surface area (Å²) in [5.41, 5.74) is 0.947. The molecule has 0 bridgehead atoms. The summed E-state index contributed by atoms with van der Waals surface area (Å²) in [6, 6.07) is 1.91. The van der Waals surface area contributed by atoms with E-state index in [1.165, 1.54) is 24.2 Å². The minimum atomic E-state index is -0.0345. The number of nitrogens with one attached hydrogen (secondary N) is 1. The molecular formula is C13H16BrN3OS. The summed E-state index contributed by atoms with van der Waals surface area (Å²) in [5.74, 6) is 0.762. The molecule has 0 aromatic carbocycles. The van der Waals surface area contributed by atoms with Crippen LogP contribution in [0.2, 0.25) is 0 Å². The molecule has 1 N–H and O–H groups in total. The SMILES string of the molecule is CC1(C)CCCN1Cc1nc2cc(Br)sc2c(=O)[nH]1. The summed E-state index contributed by atoms with van der Waals surface area (Å²) in [6.07, 6.45) is 2.41. The third kappa shape index (κ3) is 2.49. The average Bonchev–Trinajstić information content (AvgIpc) is 2.82. The van der Waals surface area contributed by atoms with Crippen molar-refractivity contribution >= 4 is 37.5 Å². The lowest BCUT2D eigenvalue weighted by atomic mass is 10.0. The Labute approximate surface area is 124 Å². The molecule has 1 fully saturated rings. The molecule has 102 valence electrons. The number of aromatic nitrogens is 2. The Kier molecular flexibility index (Phi) is 3.27. The van der Waals surface area contributed by atoms with Gasteiger partial charge in [-0.15, -0.1) is 11.3 Å². The van der Waals surface area contributed by atoms with Crippen LogP contribution in [0.4, 0.5) is 0 Å². The number of rotatable bonds is 2. The average molecular weight is 342 g/mol. The molecule has 0 atom stereocenters. The fourth-order valence-electron chi connectivity index (χ4n) is 2.67. The van der Waals surface area contributed by atoms with Crippen molar-refractivity contribution in [2.45, 2.75) is 38.8 Å². The summed E-state index contributed by atoms with van der Waals surface area (Å²) < 4.78 is 1.63. The predicted octanol–water partition coefficient (Wildman–Crippen LogP) is 3.12.